The topological polar surface area (TPSA) is 100.0 Å². The fourth-order valence-corrected chi connectivity index (χ4v) is 4.54. The number of benzene rings is 1. The number of anilines is 1. The van der Waals surface area contributed by atoms with Crippen LogP contribution in [0.25, 0.3) is 10.2 Å². The summed E-state index contributed by atoms with van der Waals surface area (Å²) in [7, 11) is 1.35. The van der Waals surface area contributed by atoms with Gasteiger partial charge in [-0.1, -0.05) is 30.8 Å². The summed E-state index contributed by atoms with van der Waals surface area (Å²) >= 11 is 2.75. The molecular weight excluding hydrogens is 372 g/mol. The number of ketones is 1. The fourth-order valence-electron chi connectivity index (χ4n) is 2.60. The van der Waals surface area contributed by atoms with E-state index >= 15 is 0 Å². The molecule has 0 saturated heterocycles. The van der Waals surface area contributed by atoms with Crippen LogP contribution < -0.4 is 17.0 Å². The van der Waals surface area contributed by atoms with Gasteiger partial charge >= 0.3 is 5.69 Å². The van der Waals surface area contributed by atoms with Gasteiger partial charge in [0.05, 0.1) is 16.0 Å². The molecule has 2 heterocycles. The lowest BCUT2D eigenvalue weighted by molar-refractivity contribution is 0.102. The van der Waals surface area contributed by atoms with Gasteiger partial charge in [0, 0.05) is 13.6 Å². The molecule has 0 fully saturated rings. The third-order valence-electron chi connectivity index (χ3n) is 3.91. The smallest absolute Gasteiger partial charge is 0.332 e. The van der Waals surface area contributed by atoms with Crippen LogP contribution in [0.4, 0.5) is 5.82 Å². The van der Waals surface area contributed by atoms with Crippen LogP contribution in [0.1, 0.15) is 23.7 Å². The lowest BCUT2D eigenvalue weighted by Crippen LogP contribution is -2.42. The second-order valence-electron chi connectivity index (χ2n) is 5.72. The molecule has 26 heavy (non-hydrogen) atoms. The number of Topliss-reactive ketones (excluding diaryl/α,β-unsaturated/α-hetero) is 1. The first-order chi connectivity index (χ1) is 12.4. The Labute approximate surface area is 157 Å². The van der Waals surface area contributed by atoms with Gasteiger partial charge in [0.1, 0.15) is 11.4 Å². The number of aromatic nitrogens is 3. The fraction of sp³-hybridized carbons (Fsp3) is 0.294. The van der Waals surface area contributed by atoms with Crippen molar-refractivity contribution in [1.82, 2.24) is 14.1 Å². The molecule has 0 spiro atoms. The molecule has 2 N–H and O–H groups in total. The zero-order valence-corrected chi connectivity index (χ0v) is 16.0. The van der Waals surface area contributed by atoms with Crippen molar-refractivity contribution < 1.29 is 4.79 Å². The number of para-hydroxylation sites is 1. The molecule has 0 aliphatic heterocycles. The van der Waals surface area contributed by atoms with Crippen LogP contribution in [0, 0.1) is 0 Å². The minimum absolute atomic E-state index is 0.0313. The number of rotatable bonds is 6. The third kappa shape index (κ3) is 3.32. The molecule has 0 amide bonds. The van der Waals surface area contributed by atoms with E-state index in [9.17, 15) is 14.4 Å². The summed E-state index contributed by atoms with van der Waals surface area (Å²) < 4.78 is 3.99. The van der Waals surface area contributed by atoms with Crippen molar-refractivity contribution in [2.75, 3.05) is 11.5 Å². The van der Waals surface area contributed by atoms with Gasteiger partial charge in [-0.3, -0.25) is 18.7 Å². The Bertz CT molecular complexity index is 1060. The standard InChI is InChI=1S/C17H18N4O3S2/c1-3-8-21-14(18)13(15(23)20(2)17(21)24)11(22)9-25-16-19-10-6-4-5-7-12(10)26-16/h4-7H,3,8-9,18H2,1-2H3. The highest BCUT2D eigenvalue weighted by molar-refractivity contribution is 8.01. The first kappa shape index (κ1) is 18.4. The molecule has 0 bridgehead atoms. The van der Waals surface area contributed by atoms with E-state index in [1.165, 1.54) is 34.7 Å². The number of nitrogen functional groups attached to an aromatic ring is 1. The summed E-state index contributed by atoms with van der Waals surface area (Å²) in [6.07, 6.45) is 0.663. The van der Waals surface area contributed by atoms with E-state index in [1.54, 1.807) is 0 Å². The van der Waals surface area contributed by atoms with Crippen LogP contribution in [0.15, 0.2) is 38.2 Å². The van der Waals surface area contributed by atoms with E-state index in [2.05, 4.69) is 4.98 Å². The number of hydrogen-bond acceptors (Lipinski definition) is 7. The number of nitrogens with two attached hydrogens (primary N) is 1. The van der Waals surface area contributed by atoms with Crippen LogP contribution in [-0.4, -0.2) is 25.7 Å². The monoisotopic (exact) mass is 390 g/mol. The number of nitrogens with zero attached hydrogens (tertiary/aromatic N) is 3. The molecule has 7 nitrogen and oxygen atoms in total. The van der Waals surface area contributed by atoms with Gasteiger partial charge in [0.2, 0.25) is 0 Å². The molecule has 0 radical (unpaired) electrons. The molecule has 3 aromatic rings. The van der Waals surface area contributed by atoms with E-state index in [4.69, 9.17) is 5.73 Å². The minimum atomic E-state index is -0.658. The Morgan fingerprint density at radius 3 is 2.73 bits per heavy atom. The predicted molar refractivity (Wildman–Crippen MR) is 105 cm³/mol. The van der Waals surface area contributed by atoms with Gasteiger partial charge in [0.25, 0.3) is 5.56 Å². The quantitative estimate of drug-likeness (QED) is 0.511. The third-order valence-corrected chi connectivity index (χ3v) is 6.09. The van der Waals surface area contributed by atoms with Crippen molar-refractivity contribution >= 4 is 44.9 Å². The van der Waals surface area contributed by atoms with Crippen LogP contribution in [0.3, 0.4) is 0 Å². The maximum atomic E-state index is 12.6. The average Bonchev–Trinajstić information content (AvgIpc) is 3.05. The van der Waals surface area contributed by atoms with E-state index in [-0.39, 0.29) is 17.1 Å². The highest BCUT2D eigenvalue weighted by Gasteiger charge is 2.21. The SMILES string of the molecule is CCCn1c(N)c(C(=O)CSc2nc3ccccc3s2)c(=O)n(C)c1=O. The lowest BCUT2D eigenvalue weighted by atomic mass is 10.2. The van der Waals surface area contributed by atoms with Gasteiger partial charge in [0.15, 0.2) is 10.1 Å². The van der Waals surface area contributed by atoms with Crippen molar-refractivity contribution in [2.24, 2.45) is 7.05 Å². The van der Waals surface area contributed by atoms with Crippen LogP contribution in [0.5, 0.6) is 0 Å². The van der Waals surface area contributed by atoms with Crippen molar-refractivity contribution in [3.05, 3.63) is 50.7 Å². The average molecular weight is 390 g/mol. The molecule has 0 aliphatic rings. The second kappa shape index (κ2) is 7.46. The van der Waals surface area contributed by atoms with Gasteiger partial charge < -0.3 is 5.73 Å². The summed E-state index contributed by atoms with van der Waals surface area (Å²) in [5.74, 6) is -0.434. The molecular formula is C17H18N4O3S2. The Hall–Kier alpha value is -2.39. The van der Waals surface area contributed by atoms with Crippen molar-refractivity contribution in [2.45, 2.75) is 24.2 Å². The number of thioether (sulfide) groups is 1. The van der Waals surface area contributed by atoms with Gasteiger partial charge in [-0.2, -0.15) is 0 Å². The van der Waals surface area contributed by atoms with Crippen molar-refractivity contribution in [3.8, 4) is 0 Å². The van der Waals surface area contributed by atoms with E-state index in [0.717, 1.165) is 19.1 Å². The summed E-state index contributed by atoms with van der Waals surface area (Å²) in [5, 5.41) is 0. The number of fused-ring (bicyclic) bond motifs is 1. The zero-order valence-electron chi connectivity index (χ0n) is 14.4. The van der Waals surface area contributed by atoms with Gasteiger partial charge in [-0.05, 0) is 18.6 Å². The highest BCUT2D eigenvalue weighted by Crippen LogP contribution is 2.29. The maximum absolute atomic E-state index is 12.6. The Morgan fingerprint density at radius 1 is 1.31 bits per heavy atom. The molecule has 136 valence electrons. The summed E-state index contributed by atoms with van der Waals surface area (Å²) in [5.41, 5.74) is 5.55. The lowest BCUT2D eigenvalue weighted by Gasteiger charge is -2.13. The molecule has 3 rings (SSSR count). The first-order valence-electron chi connectivity index (χ1n) is 8.05. The molecule has 1 aromatic carbocycles. The number of hydrogen-bond donors (Lipinski definition) is 1. The van der Waals surface area contributed by atoms with E-state index in [0.29, 0.717) is 13.0 Å². The Morgan fingerprint density at radius 2 is 2.04 bits per heavy atom. The Balaban J connectivity index is 1.90. The van der Waals surface area contributed by atoms with Gasteiger partial charge in [-0.25, -0.2) is 9.78 Å². The van der Waals surface area contributed by atoms with E-state index < -0.39 is 17.0 Å². The largest absolute Gasteiger partial charge is 0.384 e. The van der Waals surface area contributed by atoms with Crippen molar-refractivity contribution in [1.29, 1.82) is 0 Å². The van der Waals surface area contributed by atoms with E-state index in [1.807, 2.05) is 31.2 Å². The number of carbonyl (C=O) groups excluding carboxylic acids is 1. The summed E-state index contributed by atoms with van der Waals surface area (Å²) in [4.78, 5) is 41.7. The van der Waals surface area contributed by atoms with Crippen molar-refractivity contribution in [3.63, 3.8) is 0 Å². The molecule has 2 aromatic heterocycles. The molecule has 0 aliphatic carbocycles. The normalized spacial score (nSPS) is 11.2. The molecule has 9 heteroatoms. The molecule has 0 saturated carbocycles. The molecule has 0 atom stereocenters. The number of thiazole rings is 1. The molecule has 0 unspecified atom stereocenters. The Kier molecular flexibility index (Phi) is 5.28. The predicted octanol–water partition coefficient (Wildman–Crippen LogP) is 2.12. The van der Waals surface area contributed by atoms with Crippen LogP contribution in [-0.2, 0) is 13.6 Å². The second-order valence-corrected chi connectivity index (χ2v) is 7.97. The summed E-state index contributed by atoms with van der Waals surface area (Å²) in [6, 6.07) is 7.71. The van der Waals surface area contributed by atoms with Crippen LogP contribution >= 0.6 is 23.1 Å². The summed E-state index contributed by atoms with van der Waals surface area (Å²) in [6.45, 7) is 2.24. The minimum Gasteiger partial charge on any atom is -0.384 e. The highest BCUT2D eigenvalue weighted by atomic mass is 32.2. The van der Waals surface area contributed by atoms with Crippen LogP contribution in [0.2, 0.25) is 0 Å². The van der Waals surface area contributed by atoms with Gasteiger partial charge in [-0.15, -0.1) is 11.3 Å². The zero-order chi connectivity index (χ0) is 18.8. The maximum Gasteiger partial charge on any atom is 0.332 e. The first-order valence-corrected chi connectivity index (χ1v) is 9.85. The number of carbonyl (C=O) groups is 1.